The van der Waals surface area contributed by atoms with Gasteiger partial charge in [-0.25, -0.2) is 4.99 Å². The third kappa shape index (κ3) is 12.8. The van der Waals surface area contributed by atoms with Gasteiger partial charge in [0, 0.05) is 29.2 Å². The van der Waals surface area contributed by atoms with E-state index in [0.717, 1.165) is 92.6 Å². The minimum Gasteiger partial charge on any atom is -0.462 e. The first-order valence-electron chi connectivity index (χ1n) is 23.0. The number of nitrogens with zero attached hydrogens (tertiary/aromatic N) is 1. The summed E-state index contributed by atoms with van der Waals surface area (Å²) in [6.07, 6.45) is 27.0. The maximum atomic E-state index is 13.1. The maximum absolute atomic E-state index is 13.1. The molecule has 7 rings (SSSR count). The number of ether oxygens (including phenoxy) is 2. The first kappa shape index (κ1) is 43.7. The summed E-state index contributed by atoms with van der Waals surface area (Å²) in [5.41, 5.74) is 2.75. The van der Waals surface area contributed by atoms with Crippen LogP contribution in [0.15, 0.2) is 59.8 Å². The number of aliphatic imine (C=N–C) groups is 1. The molecule has 0 saturated heterocycles. The molecule has 4 aliphatic carbocycles. The van der Waals surface area contributed by atoms with Gasteiger partial charge in [0.05, 0.1) is 23.5 Å². The van der Waals surface area contributed by atoms with E-state index in [2.05, 4.69) is 32.3 Å². The van der Waals surface area contributed by atoms with E-state index in [-0.39, 0.29) is 17.8 Å². The van der Waals surface area contributed by atoms with Crippen LogP contribution in [0.1, 0.15) is 177 Å². The summed E-state index contributed by atoms with van der Waals surface area (Å²) >= 11 is 1.69. The van der Waals surface area contributed by atoms with Crippen LogP contribution in [0.2, 0.25) is 0 Å². The molecule has 4 fully saturated rings. The number of allylic oxidation sites excluding steroid dienone is 1. The van der Waals surface area contributed by atoms with E-state index in [1.165, 1.54) is 77.0 Å². The zero-order valence-corrected chi connectivity index (χ0v) is 36.3. The van der Waals surface area contributed by atoms with E-state index in [4.69, 9.17) is 13.7 Å². The van der Waals surface area contributed by atoms with Crippen molar-refractivity contribution < 1.29 is 23.2 Å². The molecule has 0 radical (unpaired) electrons. The van der Waals surface area contributed by atoms with Crippen LogP contribution in [0.4, 0.5) is 0 Å². The normalized spacial score (nSPS) is 26.6. The van der Waals surface area contributed by atoms with Crippen molar-refractivity contribution in [2.24, 2.45) is 40.5 Å². The van der Waals surface area contributed by atoms with Crippen molar-refractivity contribution in [1.29, 1.82) is 0 Å². The van der Waals surface area contributed by atoms with Crippen LogP contribution >= 0.6 is 12.0 Å². The highest BCUT2D eigenvalue weighted by molar-refractivity contribution is 7.94. The molecular formula is C50H71NO5S. The first-order valence-corrected chi connectivity index (χ1v) is 23.9. The monoisotopic (exact) mass is 798 g/mol. The summed E-state index contributed by atoms with van der Waals surface area (Å²) in [6.45, 7) is 11.3. The molecule has 0 spiro atoms. The highest BCUT2D eigenvalue weighted by Crippen LogP contribution is 2.38. The van der Waals surface area contributed by atoms with Crippen LogP contribution in [0, 0.1) is 35.5 Å². The molecule has 0 bridgehead atoms. The maximum Gasteiger partial charge on any atom is 0.314 e. The molecule has 0 N–H and O–H groups in total. The zero-order valence-electron chi connectivity index (χ0n) is 35.5. The second kappa shape index (κ2) is 22.5. The minimum absolute atomic E-state index is 0.0890. The van der Waals surface area contributed by atoms with Crippen molar-refractivity contribution in [3.63, 3.8) is 0 Å². The van der Waals surface area contributed by atoms with Gasteiger partial charge in [-0.2, -0.15) is 0 Å². The first-order chi connectivity index (χ1) is 27.8. The number of rotatable bonds is 14. The molecule has 1 amide bonds. The van der Waals surface area contributed by atoms with Gasteiger partial charge < -0.3 is 13.7 Å². The van der Waals surface area contributed by atoms with E-state index >= 15 is 0 Å². The molecule has 5 aliphatic rings. The number of hydrogen-bond donors (Lipinski definition) is 0. The van der Waals surface area contributed by atoms with Gasteiger partial charge >= 0.3 is 5.97 Å². The minimum atomic E-state index is -0.277. The number of benzene rings is 2. The van der Waals surface area contributed by atoms with E-state index in [1.807, 2.05) is 36.4 Å². The molecular weight excluding hydrogens is 727 g/mol. The van der Waals surface area contributed by atoms with Crippen molar-refractivity contribution in [2.45, 2.75) is 168 Å². The lowest BCUT2D eigenvalue weighted by molar-refractivity contribution is -0.140. The Hall–Kier alpha value is -2.90. The fourth-order valence-electron chi connectivity index (χ4n) is 9.95. The number of esters is 1. The Bertz CT molecular complexity index is 1620. The summed E-state index contributed by atoms with van der Waals surface area (Å²) in [5, 5.41) is 0. The molecule has 0 aromatic heterocycles. The predicted molar refractivity (Wildman–Crippen MR) is 235 cm³/mol. The van der Waals surface area contributed by atoms with Gasteiger partial charge in [0.2, 0.25) is 0 Å². The quantitative estimate of drug-likeness (QED) is 0.0820. The Morgan fingerprint density at radius 3 is 2.05 bits per heavy atom. The van der Waals surface area contributed by atoms with Gasteiger partial charge in [-0.3, -0.25) is 9.59 Å². The highest BCUT2D eigenvalue weighted by Gasteiger charge is 2.29. The summed E-state index contributed by atoms with van der Waals surface area (Å²) in [4.78, 5) is 30.6. The van der Waals surface area contributed by atoms with Crippen LogP contribution in [0.25, 0.3) is 0 Å². The fraction of sp³-hybridized carbons (Fsp3) is 0.660. The molecule has 0 atom stereocenters. The molecule has 2 aromatic carbocycles. The predicted octanol–water partition coefficient (Wildman–Crippen LogP) is 13.7. The van der Waals surface area contributed by atoms with Crippen LogP contribution in [-0.4, -0.2) is 29.4 Å². The number of carbonyl (C=O) groups is 2. The Kier molecular flexibility index (Phi) is 17.2. The van der Waals surface area contributed by atoms with Crippen LogP contribution < -0.4 is 9.47 Å². The number of amides is 1. The third-order valence-corrected chi connectivity index (χ3v) is 14.9. The summed E-state index contributed by atoms with van der Waals surface area (Å²) in [6, 6.07) is 13.0. The molecule has 2 aromatic rings. The lowest BCUT2D eigenvalue weighted by Gasteiger charge is -2.30. The van der Waals surface area contributed by atoms with Crippen LogP contribution in [0.3, 0.4) is 0 Å². The number of fused-ring (bicyclic) bond motifs is 1. The van der Waals surface area contributed by atoms with Gasteiger partial charge in [0.15, 0.2) is 0 Å². The zero-order chi connectivity index (χ0) is 40.0. The summed E-state index contributed by atoms with van der Waals surface area (Å²) in [5.74, 6) is 6.31. The van der Waals surface area contributed by atoms with Crippen molar-refractivity contribution in [3.8, 4) is 11.5 Å². The van der Waals surface area contributed by atoms with Crippen molar-refractivity contribution in [1.82, 2.24) is 0 Å². The molecule has 1 heterocycles. The van der Waals surface area contributed by atoms with Gasteiger partial charge in [-0.15, -0.1) is 0 Å². The van der Waals surface area contributed by atoms with Gasteiger partial charge in [-0.1, -0.05) is 116 Å². The van der Waals surface area contributed by atoms with Crippen molar-refractivity contribution >= 4 is 29.6 Å². The Balaban J connectivity index is 0.000000432. The highest BCUT2D eigenvalue weighted by atomic mass is 32.2. The Labute approximate surface area is 349 Å². The molecule has 57 heavy (non-hydrogen) atoms. The lowest BCUT2D eigenvalue weighted by Crippen LogP contribution is -2.24. The van der Waals surface area contributed by atoms with Gasteiger partial charge in [0.1, 0.15) is 11.5 Å². The Morgan fingerprint density at radius 1 is 0.719 bits per heavy atom. The lowest BCUT2D eigenvalue weighted by atomic mass is 9.79. The Morgan fingerprint density at radius 2 is 1.37 bits per heavy atom. The van der Waals surface area contributed by atoms with Crippen LogP contribution in [0.5, 0.6) is 11.5 Å². The van der Waals surface area contributed by atoms with Crippen LogP contribution in [-0.2, 0) is 15.4 Å². The van der Waals surface area contributed by atoms with E-state index in [1.54, 1.807) is 18.1 Å². The third-order valence-electron chi connectivity index (χ3n) is 13.9. The summed E-state index contributed by atoms with van der Waals surface area (Å²) < 4.78 is 18.6. The van der Waals surface area contributed by atoms with Gasteiger partial charge in [0.25, 0.3) is 5.91 Å². The number of carbonyl (C=O) groups excluding carboxylic acids is 2. The molecule has 312 valence electrons. The second-order valence-electron chi connectivity index (χ2n) is 17.9. The second-order valence-corrected chi connectivity index (χ2v) is 18.7. The summed E-state index contributed by atoms with van der Waals surface area (Å²) in [7, 11) is 0. The smallest absolute Gasteiger partial charge is 0.314 e. The SMILES string of the molecule is C=C(Oc1ccc(OC(=O)C2CCCCC2)c(C2=NC(=O)c3ccccc3C2)c1)C1CCC(CSOC2CCC(CC)CC2)CC1.CCCC1CCC(CC)CC1. The molecule has 6 nitrogen and oxygen atoms in total. The molecule has 7 heteroatoms. The van der Waals surface area contributed by atoms with E-state index in [0.29, 0.717) is 52.7 Å². The fourth-order valence-corrected chi connectivity index (χ4v) is 10.9. The largest absolute Gasteiger partial charge is 0.462 e. The molecule has 1 aliphatic heterocycles. The van der Waals surface area contributed by atoms with Crippen molar-refractivity contribution in [3.05, 3.63) is 71.5 Å². The van der Waals surface area contributed by atoms with E-state index < -0.39 is 0 Å². The van der Waals surface area contributed by atoms with Crippen molar-refractivity contribution in [2.75, 3.05) is 5.75 Å². The number of hydrogen-bond acceptors (Lipinski definition) is 6. The van der Waals surface area contributed by atoms with E-state index in [9.17, 15) is 9.59 Å². The molecule has 0 unspecified atom stereocenters. The van der Waals surface area contributed by atoms with Gasteiger partial charge in [-0.05, 0) is 130 Å². The average Bonchev–Trinajstić information content (AvgIpc) is 3.25. The molecule has 4 saturated carbocycles. The average molecular weight is 798 g/mol. The standard InChI is InChI=1S/C39H49NO5S.C11H22/c1-3-27-15-19-32(20-16-27)45-46-25-28-13-17-29(18-14-28)26(2)43-33-21-22-37(44-39(42)30-9-5-4-6-10-30)35(24-33)36-23-31-11-7-8-12-34(31)38(41)40-36;1-3-5-11-8-6-10(4-2)7-9-11/h7-8,11-12,21-22,24,27-30,32H,2-6,9-10,13-20,23,25H2,1H3;10-11H,3-9H2,1-2H3. The topological polar surface area (TPSA) is 74.2 Å².